The van der Waals surface area contributed by atoms with E-state index in [1.165, 1.54) is 0 Å². The van der Waals surface area contributed by atoms with Crippen molar-refractivity contribution in [3.8, 4) is 16.9 Å². The second-order valence-corrected chi connectivity index (χ2v) is 11.7. The number of nitrogens with zero attached hydrogens (tertiary/aromatic N) is 1. The number of carbonyl (C=O) groups excluding carboxylic acids is 1. The summed E-state index contributed by atoms with van der Waals surface area (Å²) in [5.41, 5.74) is 2.87. The van der Waals surface area contributed by atoms with Crippen LogP contribution in [0.5, 0.6) is 5.75 Å². The van der Waals surface area contributed by atoms with Crippen molar-refractivity contribution in [1.82, 2.24) is 5.32 Å². The minimum Gasteiger partial charge on any atom is -0.494 e. The minimum atomic E-state index is -1.50. The summed E-state index contributed by atoms with van der Waals surface area (Å²) in [4.78, 5) is 19.4. The third kappa shape index (κ3) is 7.93. The molecule has 5 aromatic rings. The summed E-state index contributed by atoms with van der Waals surface area (Å²) in [6.45, 7) is 0.166. The quantitative estimate of drug-likeness (QED) is 0.126. The molecule has 1 amide bonds. The molecular formula is C41H36F2N2O4. The lowest BCUT2D eigenvalue weighted by Crippen LogP contribution is -2.47. The lowest BCUT2D eigenvalue weighted by atomic mass is 9.83. The summed E-state index contributed by atoms with van der Waals surface area (Å²) >= 11 is 0. The van der Waals surface area contributed by atoms with E-state index in [2.05, 4.69) is 5.32 Å². The Labute approximate surface area is 284 Å². The molecule has 1 aliphatic heterocycles. The molecule has 6 nitrogen and oxygen atoms in total. The van der Waals surface area contributed by atoms with E-state index in [-0.39, 0.29) is 31.0 Å². The number of amides is 1. The molecule has 5 aromatic carbocycles. The van der Waals surface area contributed by atoms with E-state index in [0.717, 1.165) is 40.5 Å². The van der Waals surface area contributed by atoms with Gasteiger partial charge >= 0.3 is 0 Å². The predicted molar refractivity (Wildman–Crippen MR) is 187 cm³/mol. The molecule has 0 bridgehead atoms. The Hall–Kier alpha value is -5.60. The van der Waals surface area contributed by atoms with E-state index >= 15 is 0 Å². The fraction of sp³-hybridized carbons (Fsp3) is 0.171. The molecule has 0 saturated carbocycles. The largest absolute Gasteiger partial charge is 0.494 e. The number of carbonyl (C=O) groups is 1. The van der Waals surface area contributed by atoms with E-state index in [1.807, 2.05) is 97.1 Å². The molecule has 0 spiro atoms. The second-order valence-electron chi connectivity index (χ2n) is 11.7. The average molecular weight is 659 g/mol. The maximum Gasteiger partial charge on any atom is 0.252 e. The molecule has 0 aliphatic carbocycles. The van der Waals surface area contributed by atoms with Crippen molar-refractivity contribution in [2.24, 2.45) is 4.99 Å². The number of aliphatic imine (C=N–C) groups is 1. The first-order valence-electron chi connectivity index (χ1n) is 16.1. The van der Waals surface area contributed by atoms with Crippen LogP contribution in [0.1, 0.15) is 41.2 Å². The van der Waals surface area contributed by atoms with Gasteiger partial charge < -0.3 is 19.9 Å². The molecule has 2 N–H and O–H groups in total. The number of hydrogen-bond donors (Lipinski definition) is 2. The molecule has 0 unspecified atom stereocenters. The van der Waals surface area contributed by atoms with Gasteiger partial charge in [-0.05, 0) is 64.7 Å². The van der Waals surface area contributed by atoms with Crippen LogP contribution in [-0.2, 0) is 16.1 Å². The number of aliphatic hydroxyl groups is 1. The summed E-state index contributed by atoms with van der Waals surface area (Å²) in [5, 5.41) is 11.9. The molecule has 8 heteroatoms. The second kappa shape index (κ2) is 15.5. The molecule has 6 rings (SSSR count). The van der Waals surface area contributed by atoms with E-state index in [0.29, 0.717) is 24.3 Å². The zero-order valence-corrected chi connectivity index (χ0v) is 26.8. The first-order chi connectivity index (χ1) is 23.9. The zero-order chi connectivity index (χ0) is 34.1. The fourth-order valence-corrected chi connectivity index (χ4v) is 5.74. The van der Waals surface area contributed by atoms with Crippen LogP contribution < -0.4 is 10.1 Å². The first kappa shape index (κ1) is 33.3. The van der Waals surface area contributed by atoms with Crippen LogP contribution in [0.4, 0.5) is 8.78 Å². The van der Waals surface area contributed by atoms with Crippen LogP contribution in [-0.4, -0.2) is 35.7 Å². The molecule has 248 valence electrons. The molecule has 2 atom stereocenters. The van der Waals surface area contributed by atoms with Gasteiger partial charge in [0.25, 0.3) is 5.91 Å². The normalized spacial score (nSPS) is 17.0. The molecule has 0 fully saturated rings. The van der Waals surface area contributed by atoms with Crippen LogP contribution >= 0.6 is 0 Å². The summed E-state index contributed by atoms with van der Waals surface area (Å²) in [5.74, 6) is -0.836. The van der Waals surface area contributed by atoms with Crippen molar-refractivity contribution in [1.29, 1.82) is 0 Å². The molecule has 49 heavy (non-hydrogen) atoms. The number of aliphatic hydroxyl groups excluding tert-OH is 1. The van der Waals surface area contributed by atoms with Crippen LogP contribution in [0.15, 0.2) is 138 Å². The molecule has 1 aliphatic rings. The van der Waals surface area contributed by atoms with Crippen molar-refractivity contribution in [2.75, 3.05) is 13.2 Å². The summed E-state index contributed by atoms with van der Waals surface area (Å²) < 4.78 is 40.9. The van der Waals surface area contributed by atoms with Gasteiger partial charge in [-0.3, -0.25) is 4.79 Å². The van der Waals surface area contributed by atoms with E-state index < -0.39 is 29.2 Å². The highest BCUT2D eigenvalue weighted by molar-refractivity contribution is 6.01. The van der Waals surface area contributed by atoms with E-state index in [1.54, 1.807) is 24.3 Å². The molecule has 0 saturated heterocycles. The highest BCUT2D eigenvalue weighted by Crippen LogP contribution is 2.43. The van der Waals surface area contributed by atoms with Gasteiger partial charge in [0.05, 0.1) is 6.61 Å². The van der Waals surface area contributed by atoms with Gasteiger partial charge in [-0.25, -0.2) is 13.8 Å². The summed E-state index contributed by atoms with van der Waals surface area (Å²) in [7, 11) is 0. The van der Waals surface area contributed by atoms with Crippen LogP contribution in [0.2, 0.25) is 0 Å². The van der Waals surface area contributed by atoms with Crippen molar-refractivity contribution in [2.45, 2.75) is 31.0 Å². The Morgan fingerprint density at radius 2 is 1.53 bits per heavy atom. The van der Waals surface area contributed by atoms with Crippen molar-refractivity contribution >= 4 is 17.9 Å². The Morgan fingerprint density at radius 1 is 0.857 bits per heavy atom. The number of nitrogens with one attached hydrogen (secondary N) is 1. The van der Waals surface area contributed by atoms with Gasteiger partial charge in [-0.1, -0.05) is 97.1 Å². The van der Waals surface area contributed by atoms with Crippen LogP contribution in [0, 0.1) is 11.6 Å². The Bertz CT molecular complexity index is 1910. The van der Waals surface area contributed by atoms with Gasteiger partial charge in [0.2, 0.25) is 5.90 Å². The molecule has 0 radical (unpaired) electrons. The topological polar surface area (TPSA) is 80.2 Å². The number of rotatable bonds is 13. The molecular weight excluding hydrogens is 622 g/mol. The Balaban J connectivity index is 1.39. The predicted octanol–water partition coefficient (Wildman–Crippen LogP) is 8.07. The van der Waals surface area contributed by atoms with Crippen molar-refractivity contribution < 1.29 is 28.2 Å². The zero-order valence-electron chi connectivity index (χ0n) is 26.8. The first-order valence-corrected chi connectivity index (χ1v) is 16.1. The lowest BCUT2D eigenvalue weighted by Gasteiger charge is -2.30. The fourth-order valence-electron chi connectivity index (χ4n) is 5.74. The third-order valence-electron chi connectivity index (χ3n) is 8.34. The summed E-state index contributed by atoms with van der Waals surface area (Å²) in [6.07, 6.45) is 3.61. The number of benzene rings is 5. The third-order valence-corrected chi connectivity index (χ3v) is 8.34. The highest BCUT2D eigenvalue weighted by atomic mass is 19.1. The summed E-state index contributed by atoms with van der Waals surface area (Å²) in [6, 6.07) is 37.8. The maximum atomic E-state index is 14.6. The highest BCUT2D eigenvalue weighted by Gasteiger charge is 2.52. The Kier molecular flexibility index (Phi) is 10.6. The average Bonchev–Trinajstić information content (AvgIpc) is 3.54. The SMILES string of the molecule is O=C(NCc1cc(F)ccc1F)[C@]1(C/C=C/c2ccccc2)N=C(c2ccc(OCCCO)cc2)O[C@@H]1c1ccc(-c2ccccc2)cc1. The van der Waals surface area contributed by atoms with Crippen molar-refractivity contribution in [3.63, 3.8) is 0 Å². The van der Waals surface area contributed by atoms with Gasteiger partial charge in [-0.2, -0.15) is 0 Å². The standard InChI is InChI=1S/C41H36F2N2O4/c42-35-20-23-37(43)34(27-35)28-44-40(47)41(24-7-11-29-9-3-1-4-10-29)38(32-16-14-31(15-17-32)30-12-5-2-6-13-30)49-39(45-41)33-18-21-36(22-19-33)48-26-8-25-46/h1-7,9-23,27,38,46H,8,24-26,28H2,(H,44,47)/b11-7+/t38-,41-/m1/s1. The van der Waals surface area contributed by atoms with E-state index in [4.69, 9.17) is 19.6 Å². The minimum absolute atomic E-state index is 0.0204. The smallest absolute Gasteiger partial charge is 0.252 e. The Morgan fingerprint density at radius 3 is 2.24 bits per heavy atom. The number of halogens is 2. The van der Waals surface area contributed by atoms with Crippen LogP contribution in [0.25, 0.3) is 17.2 Å². The lowest BCUT2D eigenvalue weighted by molar-refractivity contribution is -0.129. The number of hydrogen-bond acceptors (Lipinski definition) is 5. The maximum absolute atomic E-state index is 14.6. The van der Waals surface area contributed by atoms with Gasteiger partial charge in [0.1, 0.15) is 17.4 Å². The van der Waals surface area contributed by atoms with E-state index in [9.17, 15) is 13.6 Å². The monoisotopic (exact) mass is 658 g/mol. The van der Waals surface area contributed by atoms with Gasteiger partial charge in [-0.15, -0.1) is 0 Å². The molecule has 1 heterocycles. The van der Waals surface area contributed by atoms with Crippen molar-refractivity contribution in [3.05, 3.63) is 167 Å². The number of ether oxygens (including phenoxy) is 2. The van der Waals surface area contributed by atoms with Gasteiger partial charge in [0.15, 0.2) is 11.6 Å². The van der Waals surface area contributed by atoms with Gasteiger partial charge in [0, 0.05) is 37.1 Å². The molecule has 0 aromatic heterocycles. The van der Waals surface area contributed by atoms with Crippen LogP contribution in [0.3, 0.4) is 0 Å².